The Balaban J connectivity index is 3.15. The van der Waals surface area contributed by atoms with E-state index in [2.05, 4.69) is 10.4 Å². The van der Waals surface area contributed by atoms with Gasteiger partial charge in [-0.2, -0.15) is 4.68 Å². The van der Waals surface area contributed by atoms with Crippen LogP contribution >= 0.6 is 10.7 Å². The second-order valence-electron chi connectivity index (χ2n) is 3.96. The highest BCUT2D eigenvalue weighted by Gasteiger charge is 2.32. The van der Waals surface area contributed by atoms with Crippen LogP contribution in [-0.2, 0) is 13.8 Å². The Morgan fingerprint density at radius 2 is 2.25 bits per heavy atom. The van der Waals surface area contributed by atoms with Crippen LogP contribution in [0.1, 0.15) is 26.3 Å². The predicted octanol–water partition coefficient (Wildman–Crippen LogP) is 0.806. The molecular formula is C9H13ClN4O5S. The lowest BCUT2D eigenvalue weighted by atomic mass is 10.3. The van der Waals surface area contributed by atoms with E-state index in [-0.39, 0.29) is 0 Å². The molecule has 1 unspecified atom stereocenters. The number of nitro groups is 1. The number of nitrogens with zero attached hydrogens (tertiary/aromatic N) is 3. The summed E-state index contributed by atoms with van der Waals surface area (Å²) in [6.07, 6.45) is 1.59. The first-order valence-corrected chi connectivity index (χ1v) is 7.95. The number of hydrogen-bond acceptors (Lipinski definition) is 6. The molecule has 0 radical (unpaired) electrons. The van der Waals surface area contributed by atoms with Gasteiger partial charge in [-0.05, 0) is 18.3 Å². The van der Waals surface area contributed by atoms with Crippen LogP contribution in [0.25, 0.3) is 0 Å². The molecule has 0 saturated heterocycles. The summed E-state index contributed by atoms with van der Waals surface area (Å²) in [6.45, 7) is 3.74. The Bertz CT molecular complexity index is 626. The van der Waals surface area contributed by atoms with E-state index < -0.39 is 36.6 Å². The third-order valence-corrected chi connectivity index (χ3v) is 3.75. The van der Waals surface area contributed by atoms with Gasteiger partial charge in [0.2, 0.25) is 10.8 Å². The first-order valence-electron chi connectivity index (χ1n) is 5.64. The SMILES string of the molecule is CCCNC(=O)C(C)n1cc(S(=O)(=O)Cl)c([N+](=O)[O-])n1. The van der Waals surface area contributed by atoms with Gasteiger partial charge in [0.15, 0.2) is 0 Å². The van der Waals surface area contributed by atoms with Crippen molar-refractivity contribution < 1.29 is 18.1 Å². The molecule has 9 nitrogen and oxygen atoms in total. The van der Waals surface area contributed by atoms with Gasteiger partial charge in [0.1, 0.15) is 6.04 Å². The smallest absolute Gasteiger partial charge is 0.358 e. The summed E-state index contributed by atoms with van der Waals surface area (Å²) < 4.78 is 23.4. The van der Waals surface area contributed by atoms with Crippen molar-refractivity contribution in [2.45, 2.75) is 31.2 Å². The minimum absolute atomic E-state index is 0.428. The second-order valence-corrected chi connectivity index (χ2v) is 6.49. The second kappa shape index (κ2) is 6.18. The number of hydrogen-bond donors (Lipinski definition) is 1. The van der Waals surface area contributed by atoms with Crippen LogP contribution in [-0.4, -0.2) is 35.6 Å². The number of aromatic nitrogens is 2. The van der Waals surface area contributed by atoms with Gasteiger partial charge in [0.25, 0.3) is 9.05 Å². The van der Waals surface area contributed by atoms with E-state index in [4.69, 9.17) is 10.7 Å². The van der Waals surface area contributed by atoms with E-state index in [1.165, 1.54) is 6.92 Å². The Morgan fingerprint density at radius 1 is 1.65 bits per heavy atom. The van der Waals surface area contributed by atoms with Crippen molar-refractivity contribution in [2.75, 3.05) is 6.54 Å². The van der Waals surface area contributed by atoms with Gasteiger partial charge in [-0.3, -0.25) is 4.79 Å². The maximum Gasteiger partial charge on any atom is 0.410 e. The Labute approximate surface area is 119 Å². The summed E-state index contributed by atoms with van der Waals surface area (Å²) in [7, 11) is 0.785. The van der Waals surface area contributed by atoms with Crippen LogP contribution in [0, 0.1) is 10.1 Å². The number of amides is 1. The molecule has 1 N–H and O–H groups in total. The van der Waals surface area contributed by atoms with Crippen molar-refractivity contribution in [3.8, 4) is 0 Å². The summed E-state index contributed by atoms with van der Waals surface area (Å²) in [5, 5.41) is 16.8. The van der Waals surface area contributed by atoms with E-state index in [0.29, 0.717) is 6.54 Å². The van der Waals surface area contributed by atoms with Crippen molar-refractivity contribution in [1.82, 2.24) is 15.1 Å². The number of carbonyl (C=O) groups is 1. The monoisotopic (exact) mass is 324 g/mol. The van der Waals surface area contributed by atoms with Crippen LogP contribution in [0.4, 0.5) is 5.82 Å². The van der Waals surface area contributed by atoms with Crippen molar-refractivity contribution in [3.05, 3.63) is 16.3 Å². The third-order valence-electron chi connectivity index (χ3n) is 2.44. The van der Waals surface area contributed by atoms with Gasteiger partial charge in [-0.1, -0.05) is 6.92 Å². The number of halogens is 1. The fourth-order valence-corrected chi connectivity index (χ4v) is 2.27. The van der Waals surface area contributed by atoms with Crippen molar-refractivity contribution >= 4 is 31.5 Å². The normalized spacial score (nSPS) is 12.9. The average molecular weight is 325 g/mol. The molecule has 1 atom stereocenters. The zero-order valence-corrected chi connectivity index (χ0v) is 12.3. The highest BCUT2D eigenvalue weighted by Crippen LogP contribution is 2.26. The first kappa shape index (κ1) is 16.4. The van der Waals surface area contributed by atoms with Crippen molar-refractivity contribution in [3.63, 3.8) is 0 Å². The maximum absolute atomic E-state index is 11.7. The van der Waals surface area contributed by atoms with Crippen LogP contribution in [0.2, 0.25) is 0 Å². The number of rotatable bonds is 6. The molecule has 0 saturated carbocycles. The zero-order chi connectivity index (χ0) is 15.5. The fourth-order valence-electron chi connectivity index (χ4n) is 1.38. The van der Waals surface area contributed by atoms with Crippen molar-refractivity contribution in [1.29, 1.82) is 0 Å². The van der Waals surface area contributed by atoms with E-state index in [9.17, 15) is 23.3 Å². The lowest BCUT2D eigenvalue weighted by molar-refractivity contribution is -0.392. The molecule has 1 heterocycles. The van der Waals surface area contributed by atoms with Gasteiger partial charge >= 0.3 is 5.82 Å². The summed E-state index contributed by atoms with van der Waals surface area (Å²) in [5.74, 6) is -1.34. The molecule has 0 spiro atoms. The molecule has 112 valence electrons. The molecule has 0 bridgehead atoms. The minimum Gasteiger partial charge on any atom is -0.358 e. The van der Waals surface area contributed by atoms with E-state index in [1.54, 1.807) is 0 Å². The van der Waals surface area contributed by atoms with E-state index >= 15 is 0 Å². The van der Waals surface area contributed by atoms with E-state index in [0.717, 1.165) is 17.3 Å². The molecule has 1 aromatic heterocycles. The average Bonchev–Trinajstić information content (AvgIpc) is 2.79. The highest BCUT2D eigenvalue weighted by molar-refractivity contribution is 8.13. The van der Waals surface area contributed by atoms with Crippen LogP contribution in [0.15, 0.2) is 11.1 Å². The Hall–Kier alpha value is -1.68. The Kier molecular flexibility index (Phi) is 5.06. The molecule has 1 amide bonds. The molecule has 0 aliphatic carbocycles. The Morgan fingerprint density at radius 3 is 2.65 bits per heavy atom. The third kappa shape index (κ3) is 3.67. The number of nitrogens with one attached hydrogen (secondary N) is 1. The zero-order valence-electron chi connectivity index (χ0n) is 10.7. The standard InChI is InChI=1S/C9H13ClN4O5S/c1-3-4-11-9(15)6(2)13-5-7(20(10,18)19)8(12-13)14(16)17/h5-6H,3-4H2,1-2H3,(H,11,15). The number of carbonyl (C=O) groups excluding carboxylic acids is 1. The molecule has 1 rings (SSSR count). The molecular weight excluding hydrogens is 312 g/mol. The van der Waals surface area contributed by atoms with Crippen molar-refractivity contribution in [2.24, 2.45) is 0 Å². The van der Waals surface area contributed by atoms with E-state index in [1.807, 2.05) is 6.92 Å². The van der Waals surface area contributed by atoms with Gasteiger partial charge in [-0.15, -0.1) is 0 Å². The first-order chi connectivity index (χ1) is 9.18. The summed E-state index contributed by atoms with van der Waals surface area (Å²) in [6, 6.07) is -0.896. The lowest BCUT2D eigenvalue weighted by Gasteiger charge is -2.08. The predicted molar refractivity (Wildman–Crippen MR) is 69.9 cm³/mol. The molecule has 1 aromatic rings. The van der Waals surface area contributed by atoms with Crippen LogP contribution in [0.3, 0.4) is 0 Å². The lowest BCUT2D eigenvalue weighted by Crippen LogP contribution is -2.31. The molecule has 20 heavy (non-hydrogen) atoms. The largest absolute Gasteiger partial charge is 0.410 e. The van der Waals surface area contributed by atoms with Gasteiger partial charge in [0.05, 0.1) is 11.3 Å². The highest BCUT2D eigenvalue weighted by atomic mass is 35.7. The summed E-state index contributed by atoms with van der Waals surface area (Å²) >= 11 is 0. The fraction of sp³-hybridized carbons (Fsp3) is 0.556. The summed E-state index contributed by atoms with van der Waals surface area (Å²) in [4.78, 5) is 20.8. The molecule has 0 fully saturated rings. The molecule has 0 aromatic carbocycles. The maximum atomic E-state index is 11.7. The van der Waals surface area contributed by atoms with Crippen LogP contribution < -0.4 is 5.32 Å². The van der Waals surface area contributed by atoms with Gasteiger partial charge < -0.3 is 15.4 Å². The molecule has 0 aliphatic heterocycles. The topological polar surface area (TPSA) is 124 Å². The minimum atomic E-state index is -4.32. The summed E-state index contributed by atoms with van der Waals surface area (Å²) in [5.41, 5.74) is 0. The molecule has 11 heteroatoms. The quantitative estimate of drug-likeness (QED) is 0.469. The molecule has 0 aliphatic rings. The van der Waals surface area contributed by atoms with Gasteiger partial charge in [0, 0.05) is 17.2 Å². The van der Waals surface area contributed by atoms with Crippen LogP contribution in [0.5, 0.6) is 0 Å². The van der Waals surface area contributed by atoms with Gasteiger partial charge in [-0.25, -0.2) is 8.42 Å².